The van der Waals surface area contributed by atoms with Crippen LogP contribution in [0.15, 0.2) is 36.4 Å². The normalized spacial score (nSPS) is 10.5. The summed E-state index contributed by atoms with van der Waals surface area (Å²) in [5.41, 5.74) is 2.36. The van der Waals surface area contributed by atoms with E-state index in [9.17, 15) is 4.79 Å². The summed E-state index contributed by atoms with van der Waals surface area (Å²) in [6, 6.07) is 12.0. The zero-order chi connectivity index (χ0) is 15.9. The molecule has 0 spiro atoms. The second kappa shape index (κ2) is 7.54. The average molecular weight is 298 g/mol. The molecule has 5 nitrogen and oxygen atoms in total. The van der Waals surface area contributed by atoms with E-state index in [0.717, 1.165) is 12.1 Å². The maximum Gasteiger partial charge on any atom is 0.270 e. The number of carbonyl (C=O) groups is 1. The van der Waals surface area contributed by atoms with E-state index >= 15 is 0 Å². The van der Waals surface area contributed by atoms with E-state index in [1.165, 1.54) is 5.56 Å². The molecule has 1 aromatic carbocycles. The first-order valence-corrected chi connectivity index (χ1v) is 7.49. The van der Waals surface area contributed by atoms with Crippen LogP contribution in [-0.4, -0.2) is 28.5 Å². The second-order valence-electron chi connectivity index (χ2n) is 5.51. The Kier molecular flexibility index (Phi) is 5.47. The second-order valence-corrected chi connectivity index (χ2v) is 5.51. The molecule has 0 saturated carbocycles. The summed E-state index contributed by atoms with van der Waals surface area (Å²) in [6.07, 6.45) is 0.799. The molecule has 0 aliphatic rings. The minimum absolute atomic E-state index is 0.173. The van der Waals surface area contributed by atoms with E-state index in [1.54, 1.807) is 6.07 Å². The van der Waals surface area contributed by atoms with Gasteiger partial charge >= 0.3 is 0 Å². The Bertz CT molecular complexity index is 626. The van der Waals surface area contributed by atoms with E-state index in [0.29, 0.717) is 18.2 Å². The third-order valence-corrected chi connectivity index (χ3v) is 3.05. The SMILES string of the molecule is Cc1cc(C(=O)NCCc2ccccc2)nc(NC(C)C)n1. The van der Waals surface area contributed by atoms with Crippen LogP contribution in [0.3, 0.4) is 0 Å². The molecule has 2 aromatic rings. The molecule has 1 heterocycles. The van der Waals surface area contributed by atoms with Crippen LogP contribution in [0.2, 0.25) is 0 Å². The summed E-state index contributed by atoms with van der Waals surface area (Å²) in [7, 11) is 0. The molecule has 0 radical (unpaired) electrons. The van der Waals surface area contributed by atoms with Crippen molar-refractivity contribution in [3.63, 3.8) is 0 Å². The van der Waals surface area contributed by atoms with Gasteiger partial charge in [0.25, 0.3) is 5.91 Å². The fourth-order valence-electron chi connectivity index (χ4n) is 2.06. The quantitative estimate of drug-likeness (QED) is 0.860. The molecule has 0 aliphatic heterocycles. The van der Waals surface area contributed by atoms with Crippen LogP contribution in [0.5, 0.6) is 0 Å². The van der Waals surface area contributed by atoms with Crippen molar-refractivity contribution in [2.75, 3.05) is 11.9 Å². The summed E-state index contributed by atoms with van der Waals surface area (Å²) < 4.78 is 0. The van der Waals surface area contributed by atoms with Gasteiger partial charge in [0.2, 0.25) is 5.95 Å². The molecule has 0 unspecified atom stereocenters. The lowest BCUT2D eigenvalue weighted by atomic mass is 10.1. The number of aryl methyl sites for hydroxylation is 1. The van der Waals surface area contributed by atoms with Crippen molar-refractivity contribution in [2.45, 2.75) is 33.2 Å². The Hall–Kier alpha value is -2.43. The van der Waals surface area contributed by atoms with Gasteiger partial charge in [0.1, 0.15) is 5.69 Å². The standard InChI is InChI=1S/C17H22N4O/c1-12(2)19-17-20-13(3)11-15(21-17)16(22)18-10-9-14-7-5-4-6-8-14/h4-8,11-12H,9-10H2,1-3H3,(H,18,22)(H,19,20,21). The monoisotopic (exact) mass is 298 g/mol. The maximum atomic E-state index is 12.2. The summed E-state index contributed by atoms with van der Waals surface area (Å²) in [5.74, 6) is 0.316. The van der Waals surface area contributed by atoms with E-state index in [1.807, 2.05) is 51.1 Å². The smallest absolute Gasteiger partial charge is 0.270 e. The fraction of sp³-hybridized carbons (Fsp3) is 0.353. The number of carbonyl (C=O) groups excluding carboxylic acids is 1. The van der Waals surface area contributed by atoms with Gasteiger partial charge in [-0.3, -0.25) is 4.79 Å². The lowest BCUT2D eigenvalue weighted by Gasteiger charge is -2.10. The van der Waals surface area contributed by atoms with E-state index in [2.05, 4.69) is 20.6 Å². The number of anilines is 1. The molecular formula is C17H22N4O. The lowest BCUT2D eigenvalue weighted by molar-refractivity contribution is 0.0949. The van der Waals surface area contributed by atoms with E-state index < -0.39 is 0 Å². The van der Waals surface area contributed by atoms with Crippen LogP contribution in [0.4, 0.5) is 5.95 Å². The molecule has 1 amide bonds. The van der Waals surface area contributed by atoms with E-state index in [4.69, 9.17) is 0 Å². The molecule has 0 fully saturated rings. The molecule has 0 aliphatic carbocycles. The molecule has 2 N–H and O–H groups in total. The van der Waals surface area contributed by atoms with Gasteiger partial charge in [-0.15, -0.1) is 0 Å². The van der Waals surface area contributed by atoms with Crippen LogP contribution in [0.1, 0.15) is 35.6 Å². The summed E-state index contributed by atoms with van der Waals surface area (Å²) in [5, 5.41) is 6.02. The highest BCUT2D eigenvalue weighted by Crippen LogP contribution is 2.06. The van der Waals surface area contributed by atoms with Crippen molar-refractivity contribution in [3.8, 4) is 0 Å². The first-order chi connectivity index (χ1) is 10.5. The molecule has 0 bridgehead atoms. The number of aromatic nitrogens is 2. The number of benzene rings is 1. The predicted molar refractivity (Wildman–Crippen MR) is 88.0 cm³/mol. The van der Waals surface area contributed by atoms with Gasteiger partial charge in [-0.25, -0.2) is 9.97 Å². The molecule has 0 saturated heterocycles. The van der Waals surface area contributed by atoms with Crippen LogP contribution in [-0.2, 0) is 6.42 Å². The third-order valence-electron chi connectivity index (χ3n) is 3.05. The van der Waals surface area contributed by atoms with Crippen molar-refractivity contribution in [3.05, 3.63) is 53.3 Å². The highest BCUT2D eigenvalue weighted by molar-refractivity contribution is 5.92. The van der Waals surface area contributed by atoms with E-state index in [-0.39, 0.29) is 11.9 Å². The first kappa shape index (κ1) is 15.9. The van der Waals surface area contributed by atoms with Crippen molar-refractivity contribution >= 4 is 11.9 Å². The number of hydrogen-bond acceptors (Lipinski definition) is 4. The molecule has 5 heteroatoms. The summed E-state index contributed by atoms with van der Waals surface area (Å²) in [4.78, 5) is 20.7. The van der Waals surface area contributed by atoms with Crippen LogP contribution < -0.4 is 10.6 Å². The Morgan fingerprint density at radius 3 is 2.59 bits per heavy atom. The topological polar surface area (TPSA) is 66.9 Å². The van der Waals surface area contributed by atoms with Gasteiger partial charge in [-0.05, 0) is 38.8 Å². The Balaban J connectivity index is 1.95. The van der Waals surface area contributed by atoms with Crippen molar-refractivity contribution < 1.29 is 4.79 Å². The summed E-state index contributed by atoms with van der Waals surface area (Å²) >= 11 is 0. The highest BCUT2D eigenvalue weighted by Gasteiger charge is 2.10. The minimum Gasteiger partial charge on any atom is -0.352 e. The lowest BCUT2D eigenvalue weighted by Crippen LogP contribution is -2.27. The van der Waals surface area contributed by atoms with Crippen LogP contribution >= 0.6 is 0 Å². The van der Waals surface area contributed by atoms with Crippen LogP contribution in [0, 0.1) is 6.92 Å². The zero-order valence-electron chi connectivity index (χ0n) is 13.3. The van der Waals surface area contributed by atoms with Gasteiger partial charge in [-0.2, -0.15) is 0 Å². The Morgan fingerprint density at radius 1 is 1.18 bits per heavy atom. The number of amides is 1. The molecule has 116 valence electrons. The molecule has 22 heavy (non-hydrogen) atoms. The van der Waals surface area contributed by atoms with Gasteiger partial charge in [0.15, 0.2) is 0 Å². The molecule has 1 aromatic heterocycles. The van der Waals surface area contributed by atoms with Crippen molar-refractivity contribution in [1.29, 1.82) is 0 Å². The Morgan fingerprint density at radius 2 is 1.91 bits per heavy atom. The van der Waals surface area contributed by atoms with Gasteiger partial charge in [-0.1, -0.05) is 30.3 Å². The average Bonchev–Trinajstić information content (AvgIpc) is 2.47. The van der Waals surface area contributed by atoms with Gasteiger partial charge in [0.05, 0.1) is 0 Å². The molecule has 0 atom stereocenters. The Labute approximate surface area is 131 Å². The number of hydrogen-bond donors (Lipinski definition) is 2. The predicted octanol–water partition coefficient (Wildman–Crippen LogP) is 2.58. The third kappa shape index (κ3) is 4.84. The minimum atomic E-state index is -0.173. The first-order valence-electron chi connectivity index (χ1n) is 7.49. The van der Waals surface area contributed by atoms with Gasteiger partial charge < -0.3 is 10.6 Å². The number of nitrogens with one attached hydrogen (secondary N) is 2. The van der Waals surface area contributed by atoms with Crippen molar-refractivity contribution in [1.82, 2.24) is 15.3 Å². The summed E-state index contributed by atoms with van der Waals surface area (Å²) in [6.45, 7) is 6.45. The molecular weight excluding hydrogens is 276 g/mol. The number of rotatable bonds is 6. The molecule has 2 rings (SSSR count). The maximum absolute atomic E-state index is 12.2. The number of nitrogens with zero attached hydrogens (tertiary/aromatic N) is 2. The van der Waals surface area contributed by atoms with Crippen molar-refractivity contribution in [2.24, 2.45) is 0 Å². The van der Waals surface area contributed by atoms with Gasteiger partial charge in [0, 0.05) is 18.3 Å². The largest absolute Gasteiger partial charge is 0.352 e. The zero-order valence-corrected chi connectivity index (χ0v) is 13.3. The highest BCUT2D eigenvalue weighted by atomic mass is 16.1. The van der Waals surface area contributed by atoms with Crippen LogP contribution in [0.25, 0.3) is 0 Å². The fourth-order valence-corrected chi connectivity index (χ4v) is 2.06.